The number of nitrogens with zero attached hydrogens (tertiary/aromatic N) is 1. The molecule has 0 saturated heterocycles. The number of hydrogen-bond acceptors (Lipinski definition) is 4. The van der Waals surface area contributed by atoms with Gasteiger partial charge in [-0.2, -0.15) is 5.26 Å². The number of Topliss-reactive ketones (excluding diaryl/α,β-unsaturated/α-hetero) is 1. The number of amides is 1. The van der Waals surface area contributed by atoms with E-state index in [2.05, 4.69) is 26.1 Å². The molecule has 1 unspecified atom stereocenters. The van der Waals surface area contributed by atoms with Gasteiger partial charge in [0, 0.05) is 11.6 Å². The number of hydrogen-bond donors (Lipinski definition) is 1. The highest BCUT2D eigenvalue weighted by Gasteiger charge is 2.23. The van der Waals surface area contributed by atoms with Crippen LogP contribution in [-0.4, -0.2) is 11.7 Å². The lowest BCUT2D eigenvalue weighted by Crippen LogP contribution is -2.26. The lowest BCUT2D eigenvalue weighted by atomic mass is 9.86. The van der Waals surface area contributed by atoms with Crippen LogP contribution in [0.5, 0.6) is 0 Å². The standard InChI is InChI=1S/C19H20N2O3/c1-12(22)15(11-20)18(23)21-17-10-9-16(24-17)13-5-7-14(8-6-13)19(2,3)4/h5-10,15H,1-4H3,(H,21,23). The van der Waals surface area contributed by atoms with Crippen molar-refractivity contribution in [2.24, 2.45) is 5.92 Å². The van der Waals surface area contributed by atoms with E-state index in [-0.39, 0.29) is 11.3 Å². The molecule has 1 aromatic carbocycles. The van der Waals surface area contributed by atoms with E-state index >= 15 is 0 Å². The number of carbonyl (C=O) groups excluding carboxylic acids is 2. The molecule has 1 atom stereocenters. The van der Waals surface area contributed by atoms with Gasteiger partial charge in [-0.05, 0) is 24.0 Å². The lowest BCUT2D eigenvalue weighted by molar-refractivity contribution is -0.127. The zero-order valence-electron chi connectivity index (χ0n) is 14.2. The Morgan fingerprint density at radius 2 is 1.75 bits per heavy atom. The van der Waals surface area contributed by atoms with Gasteiger partial charge in [-0.3, -0.25) is 14.9 Å². The fourth-order valence-corrected chi connectivity index (χ4v) is 2.22. The van der Waals surface area contributed by atoms with Crippen molar-refractivity contribution in [3.8, 4) is 17.4 Å². The molecular weight excluding hydrogens is 304 g/mol. The maximum absolute atomic E-state index is 11.9. The Labute approximate surface area is 141 Å². The van der Waals surface area contributed by atoms with Gasteiger partial charge in [-0.15, -0.1) is 0 Å². The van der Waals surface area contributed by atoms with Gasteiger partial charge >= 0.3 is 0 Å². The van der Waals surface area contributed by atoms with Crippen LogP contribution in [0.15, 0.2) is 40.8 Å². The third-order valence-electron chi connectivity index (χ3n) is 3.69. The minimum absolute atomic E-state index is 0.0693. The van der Waals surface area contributed by atoms with E-state index in [1.54, 1.807) is 18.2 Å². The van der Waals surface area contributed by atoms with Crippen molar-refractivity contribution in [1.29, 1.82) is 5.26 Å². The van der Waals surface area contributed by atoms with E-state index in [4.69, 9.17) is 9.68 Å². The summed E-state index contributed by atoms with van der Waals surface area (Å²) in [5, 5.41) is 11.3. The molecule has 124 valence electrons. The Hall–Kier alpha value is -2.87. The monoisotopic (exact) mass is 324 g/mol. The molecule has 1 aromatic heterocycles. The zero-order valence-corrected chi connectivity index (χ0v) is 14.2. The Balaban J connectivity index is 2.15. The van der Waals surface area contributed by atoms with Crippen LogP contribution < -0.4 is 5.32 Å². The van der Waals surface area contributed by atoms with Gasteiger partial charge in [-0.1, -0.05) is 45.0 Å². The number of anilines is 1. The van der Waals surface area contributed by atoms with Crippen molar-refractivity contribution >= 4 is 17.6 Å². The highest BCUT2D eigenvalue weighted by molar-refractivity contribution is 6.08. The molecule has 0 fully saturated rings. The molecule has 24 heavy (non-hydrogen) atoms. The Bertz CT molecular complexity index is 789. The van der Waals surface area contributed by atoms with Gasteiger partial charge in [0.25, 0.3) is 5.91 Å². The Morgan fingerprint density at radius 3 is 2.25 bits per heavy atom. The predicted molar refractivity (Wildman–Crippen MR) is 91.3 cm³/mol. The summed E-state index contributed by atoms with van der Waals surface area (Å²) in [6.45, 7) is 7.63. The van der Waals surface area contributed by atoms with Crippen LogP contribution in [-0.2, 0) is 15.0 Å². The molecule has 0 radical (unpaired) electrons. The maximum Gasteiger partial charge on any atom is 0.251 e. The summed E-state index contributed by atoms with van der Waals surface area (Å²) in [4.78, 5) is 23.1. The second-order valence-electron chi connectivity index (χ2n) is 6.65. The van der Waals surface area contributed by atoms with Gasteiger partial charge in [0.1, 0.15) is 5.76 Å². The Morgan fingerprint density at radius 1 is 1.12 bits per heavy atom. The number of furan rings is 1. The summed E-state index contributed by atoms with van der Waals surface area (Å²) in [6.07, 6.45) is 0. The van der Waals surface area contributed by atoms with E-state index in [1.807, 2.05) is 24.3 Å². The molecule has 5 nitrogen and oxygen atoms in total. The second kappa shape index (κ2) is 6.71. The number of rotatable bonds is 4. The van der Waals surface area contributed by atoms with E-state index in [0.717, 1.165) is 5.56 Å². The quantitative estimate of drug-likeness (QED) is 0.864. The first kappa shape index (κ1) is 17.5. The van der Waals surface area contributed by atoms with E-state index in [1.165, 1.54) is 12.5 Å². The highest BCUT2D eigenvalue weighted by atomic mass is 16.4. The van der Waals surface area contributed by atoms with Crippen LogP contribution in [0.2, 0.25) is 0 Å². The lowest BCUT2D eigenvalue weighted by Gasteiger charge is -2.18. The minimum Gasteiger partial charge on any atom is -0.440 e. The van der Waals surface area contributed by atoms with Crippen LogP contribution in [0.4, 0.5) is 5.88 Å². The number of benzene rings is 1. The average Bonchev–Trinajstić information content (AvgIpc) is 2.95. The van der Waals surface area contributed by atoms with E-state index < -0.39 is 17.6 Å². The van der Waals surface area contributed by atoms with Crippen molar-refractivity contribution in [3.05, 3.63) is 42.0 Å². The summed E-state index contributed by atoms with van der Waals surface area (Å²) in [6, 6.07) is 13.0. The fraction of sp³-hybridized carbons (Fsp3) is 0.316. The summed E-state index contributed by atoms with van der Waals surface area (Å²) in [7, 11) is 0. The van der Waals surface area contributed by atoms with Crippen LogP contribution >= 0.6 is 0 Å². The normalized spacial score (nSPS) is 12.3. The number of ketones is 1. The van der Waals surface area contributed by atoms with Crippen LogP contribution in [0.25, 0.3) is 11.3 Å². The topological polar surface area (TPSA) is 83.1 Å². The van der Waals surface area contributed by atoms with Crippen molar-refractivity contribution in [1.82, 2.24) is 0 Å². The molecule has 0 saturated carbocycles. The number of nitriles is 1. The molecule has 1 heterocycles. The van der Waals surface area contributed by atoms with Gasteiger partial charge in [0.15, 0.2) is 17.6 Å². The minimum atomic E-state index is -1.33. The molecule has 0 aliphatic rings. The summed E-state index contributed by atoms with van der Waals surface area (Å²) in [5.74, 6) is -1.71. The third kappa shape index (κ3) is 3.90. The molecule has 1 amide bonds. The van der Waals surface area contributed by atoms with Gasteiger partial charge in [0.05, 0.1) is 6.07 Å². The maximum atomic E-state index is 11.9. The van der Waals surface area contributed by atoms with Gasteiger partial charge in [0.2, 0.25) is 0 Å². The first-order valence-electron chi connectivity index (χ1n) is 7.64. The number of nitrogens with one attached hydrogen (secondary N) is 1. The summed E-state index contributed by atoms with van der Waals surface area (Å²) < 4.78 is 5.59. The largest absolute Gasteiger partial charge is 0.440 e. The van der Waals surface area contributed by atoms with Crippen LogP contribution in [0.3, 0.4) is 0 Å². The first-order chi connectivity index (χ1) is 11.2. The molecule has 2 rings (SSSR count). The predicted octanol–water partition coefficient (Wildman–Crippen LogP) is 3.91. The summed E-state index contributed by atoms with van der Waals surface area (Å²) >= 11 is 0. The van der Waals surface area contributed by atoms with Crippen LogP contribution in [0.1, 0.15) is 33.3 Å². The molecule has 0 bridgehead atoms. The van der Waals surface area contributed by atoms with E-state index in [9.17, 15) is 9.59 Å². The zero-order chi connectivity index (χ0) is 17.9. The molecule has 0 aliphatic carbocycles. The smallest absolute Gasteiger partial charge is 0.251 e. The third-order valence-corrected chi connectivity index (χ3v) is 3.69. The van der Waals surface area contributed by atoms with E-state index in [0.29, 0.717) is 5.76 Å². The van der Waals surface area contributed by atoms with Crippen LogP contribution in [0, 0.1) is 17.2 Å². The molecule has 0 spiro atoms. The van der Waals surface area contributed by atoms with Crippen molar-refractivity contribution in [3.63, 3.8) is 0 Å². The molecular formula is C19H20N2O3. The Kier molecular flexibility index (Phi) is 4.89. The molecule has 0 aliphatic heterocycles. The highest BCUT2D eigenvalue weighted by Crippen LogP contribution is 2.28. The molecule has 5 heteroatoms. The van der Waals surface area contributed by atoms with Crippen molar-refractivity contribution in [2.45, 2.75) is 33.1 Å². The van der Waals surface area contributed by atoms with Crippen molar-refractivity contribution in [2.75, 3.05) is 5.32 Å². The second-order valence-corrected chi connectivity index (χ2v) is 6.65. The SMILES string of the molecule is CC(=O)C(C#N)C(=O)Nc1ccc(-c2ccc(C(C)(C)C)cc2)o1. The molecule has 1 N–H and O–H groups in total. The average molecular weight is 324 g/mol. The van der Waals surface area contributed by atoms with Crippen molar-refractivity contribution < 1.29 is 14.0 Å². The molecule has 2 aromatic rings. The summed E-state index contributed by atoms with van der Waals surface area (Å²) in [5.41, 5.74) is 2.16. The first-order valence-corrected chi connectivity index (χ1v) is 7.64. The van der Waals surface area contributed by atoms with Gasteiger partial charge in [-0.25, -0.2) is 0 Å². The number of carbonyl (C=O) groups is 2. The fourth-order valence-electron chi connectivity index (χ4n) is 2.22. The van der Waals surface area contributed by atoms with Gasteiger partial charge < -0.3 is 4.42 Å².